The second-order valence-corrected chi connectivity index (χ2v) is 2.20. The molecule has 0 saturated carbocycles. The first-order chi connectivity index (χ1) is 5.38. The van der Waals surface area contributed by atoms with Crippen LogP contribution >= 0.6 is 0 Å². The van der Waals surface area contributed by atoms with Gasteiger partial charge in [0.1, 0.15) is 0 Å². The molecular weight excluding hydrogens is 138 g/mol. The molecule has 1 aromatic rings. The number of hydrogen-bond acceptors (Lipinski definition) is 2. The first-order valence-corrected chi connectivity index (χ1v) is 3.52. The molecule has 0 atom stereocenters. The van der Waals surface area contributed by atoms with Gasteiger partial charge in [-0.1, -0.05) is 0 Å². The van der Waals surface area contributed by atoms with Crippen molar-refractivity contribution in [2.45, 2.75) is 19.5 Å². The minimum absolute atomic E-state index is 0.518. The smallest absolute Gasteiger partial charge is 0.0522 e. The molecule has 1 heterocycles. The number of hydrogen-bond donors (Lipinski definition) is 1. The fourth-order valence-corrected chi connectivity index (χ4v) is 0.905. The van der Waals surface area contributed by atoms with Crippen LogP contribution in [-0.4, -0.2) is 9.78 Å². The van der Waals surface area contributed by atoms with Gasteiger partial charge in [0.25, 0.3) is 0 Å². The maximum Gasteiger partial charge on any atom is 0.0522 e. The van der Waals surface area contributed by atoms with Gasteiger partial charge in [-0.2, -0.15) is 5.10 Å². The summed E-state index contributed by atoms with van der Waals surface area (Å²) in [6.45, 7) is 1.28. The topological polar surface area (TPSA) is 43.8 Å². The molecule has 0 fully saturated rings. The predicted molar refractivity (Wildman–Crippen MR) is 43.6 cm³/mol. The summed E-state index contributed by atoms with van der Waals surface area (Å²) in [5.41, 5.74) is 6.48. The van der Waals surface area contributed by atoms with E-state index in [4.69, 9.17) is 12.2 Å². The van der Waals surface area contributed by atoms with Gasteiger partial charge < -0.3 is 5.73 Å². The van der Waals surface area contributed by atoms with Gasteiger partial charge in [-0.25, -0.2) is 0 Å². The Kier molecular flexibility index (Phi) is 2.70. The quantitative estimate of drug-likeness (QED) is 0.631. The third-order valence-electron chi connectivity index (χ3n) is 1.48. The Morgan fingerprint density at radius 1 is 1.73 bits per heavy atom. The van der Waals surface area contributed by atoms with E-state index in [1.54, 1.807) is 6.20 Å². The molecule has 0 aliphatic rings. The van der Waals surface area contributed by atoms with Crippen molar-refractivity contribution < 1.29 is 0 Å². The number of rotatable bonds is 3. The maximum absolute atomic E-state index is 5.45. The van der Waals surface area contributed by atoms with E-state index in [9.17, 15) is 0 Å². The second-order valence-electron chi connectivity index (χ2n) is 2.20. The average molecular weight is 149 g/mol. The summed E-state index contributed by atoms with van der Waals surface area (Å²) in [4.78, 5) is 0. The van der Waals surface area contributed by atoms with Gasteiger partial charge in [-0.15, -0.1) is 12.3 Å². The van der Waals surface area contributed by atoms with Gasteiger partial charge in [0, 0.05) is 19.2 Å². The van der Waals surface area contributed by atoms with Crippen molar-refractivity contribution >= 4 is 0 Å². The monoisotopic (exact) mass is 149 g/mol. The Hall–Kier alpha value is -1.27. The zero-order valence-electron chi connectivity index (χ0n) is 6.33. The summed E-state index contributed by atoms with van der Waals surface area (Å²) in [5, 5.41) is 4.07. The molecule has 58 valence electrons. The average Bonchev–Trinajstić information content (AvgIpc) is 2.47. The molecule has 2 N–H and O–H groups in total. The standard InChI is InChI=1S/C8H11N3/c1-2-3-6-11-8(7-9)4-5-10-11/h1,4-5H,3,6-7,9H2. The third kappa shape index (κ3) is 1.82. The molecule has 1 rings (SSSR count). The highest BCUT2D eigenvalue weighted by atomic mass is 15.3. The fourth-order valence-electron chi connectivity index (χ4n) is 0.905. The van der Waals surface area contributed by atoms with Gasteiger partial charge >= 0.3 is 0 Å². The minimum atomic E-state index is 0.518. The van der Waals surface area contributed by atoms with Gasteiger partial charge in [0.15, 0.2) is 0 Å². The summed E-state index contributed by atoms with van der Waals surface area (Å²) in [6, 6.07) is 1.90. The highest BCUT2D eigenvalue weighted by Gasteiger charge is 1.97. The molecule has 0 aliphatic heterocycles. The minimum Gasteiger partial charge on any atom is -0.325 e. The number of nitrogens with zero attached hydrogens (tertiary/aromatic N) is 2. The molecule has 11 heavy (non-hydrogen) atoms. The zero-order chi connectivity index (χ0) is 8.10. The van der Waals surface area contributed by atoms with E-state index in [0.717, 1.165) is 12.2 Å². The van der Waals surface area contributed by atoms with E-state index < -0.39 is 0 Å². The molecular formula is C8H11N3. The lowest BCUT2D eigenvalue weighted by Crippen LogP contribution is -2.08. The number of aryl methyl sites for hydroxylation is 1. The van der Waals surface area contributed by atoms with E-state index >= 15 is 0 Å². The van der Waals surface area contributed by atoms with Crippen LogP contribution < -0.4 is 5.73 Å². The van der Waals surface area contributed by atoms with Crippen LogP contribution in [0.2, 0.25) is 0 Å². The first-order valence-electron chi connectivity index (χ1n) is 3.52. The van der Waals surface area contributed by atoms with Crippen molar-refractivity contribution in [3.63, 3.8) is 0 Å². The molecule has 0 aliphatic carbocycles. The van der Waals surface area contributed by atoms with Crippen LogP contribution in [0, 0.1) is 12.3 Å². The van der Waals surface area contributed by atoms with E-state index in [2.05, 4.69) is 11.0 Å². The molecule has 0 amide bonds. The molecule has 0 unspecified atom stereocenters. The first kappa shape index (κ1) is 7.83. The van der Waals surface area contributed by atoms with E-state index in [0.29, 0.717) is 13.0 Å². The summed E-state index contributed by atoms with van der Waals surface area (Å²) in [6.07, 6.45) is 7.55. The van der Waals surface area contributed by atoms with Gasteiger partial charge in [0.05, 0.1) is 12.2 Å². The van der Waals surface area contributed by atoms with Crippen molar-refractivity contribution in [1.29, 1.82) is 0 Å². The Balaban J connectivity index is 2.62. The van der Waals surface area contributed by atoms with Gasteiger partial charge in [0.2, 0.25) is 0 Å². The fraction of sp³-hybridized carbons (Fsp3) is 0.375. The summed E-state index contributed by atoms with van der Waals surface area (Å²) in [7, 11) is 0. The lowest BCUT2D eigenvalue weighted by molar-refractivity contribution is 0.598. The molecule has 0 bridgehead atoms. The maximum atomic E-state index is 5.45. The van der Waals surface area contributed by atoms with Crippen molar-refractivity contribution in [3.05, 3.63) is 18.0 Å². The largest absolute Gasteiger partial charge is 0.325 e. The summed E-state index contributed by atoms with van der Waals surface area (Å²) >= 11 is 0. The van der Waals surface area contributed by atoms with E-state index in [-0.39, 0.29) is 0 Å². The van der Waals surface area contributed by atoms with Crippen LogP contribution in [0.4, 0.5) is 0 Å². The van der Waals surface area contributed by atoms with Crippen LogP contribution in [0.15, 0.2) is 12.3 Å². The number of nitrogens with two attached hydrogens (primary N) is 1. The Bertz CT molecular complexity index is 257. The van der Waals surface area contributed by atoms with E-state index in [1.165, 1.54) is 0 Å². The highest BCUT2D eigenvalue weighted by Crippen LogP contribution is 1.97. The van der Waals surface area contributed by atoms with Crippen molar-refractivity contribution in [1.82, 2.24) is 9.78 Å². The highest BCUT2D eigenvalue weighted by molar-refractivity contribution is 4.99. The summed E-state index contributed by atoms with van der Waals surface area (Å²) in [5.74, 6) is 2.56. The second kappa shape index (κ2) is 3.79. The molecule has 0 aromatic carbocycles. The van der Waals surface area contributed by atoms with E-state index in [1.807, 2.05) is 10.7 Å². The lowest BCUT2D eigenvalue weighted by atomic mass is 10.4. The van der Waals surface area contributed by atoms with Crippen LogP contribution in [-0.2, 0) is 13.1 Å². The van der Waals surface area contributed by atoms with Crippen LogP contribution in [0.5, 0.6) is 0 Å². The molecule has 3 heteroatoms. The van der Waals surface area contributed by atoms with Crippen molar-refractivity contribution in [2.24, 2.45) is 5.73 Å². The van der Waals surface area contributed by atoms with Crippen LogP contribution in [0.3, 0.4) is 0 Å². The molecule has 0 saturated heterocycles. The molecule has 1 aromatic heterocycles. The Morgan fingerprint density at radius 3 is 3.18 bits per heavy atom. The molecule has 0 radical (unpaired) electrons. The van der Waals surface area contributed by atoms with Crippen LogP contribution in [0.25, 0.3) is 0 Å². The predicted octanol–water partition coefficient (Wildman–Crippen LogP) is 0.365. The van der Waals surface area contributed by atoms with Crippen LogP contribution in [0.1, 0.15) is 12.1 Å². The Labute approximate surface area is 66.2 Å². The van der Waals surface area contributed by atoms with Crippen molar-refractivity contribution in [3.8, 4) is 12.3 Å². The lowest BCUT2D eigenvalue weighted by Gasteiger charge is -2.01. The number of terminal acetylenes is 1. The number of aromatic nitrogens is 2. The molecule has 3 nitrogen and oxygen atoms in total. The Morgan fingerprint density at radius 2 is 2.55 bits per heavy atom. The SMILES string of the molecule is C#CCCn1nccc1CN. The zero-order valence-corrected chi connectivity index (χ0v) is 6.33. The summed E-state index contributed by atoms with van der Waals surface area (Å²) < 4.78 is 1.83. The molecule has 0 spiro atoms. The van der Waals surface area contributed by atoms with Gasteiger partial charge in [-0.3, -0.25) is 4.68 Å². The normalized spacial score (nSPS) is 9.45. The van der Waals surface area contributed by atoms with Crippen molar-refractivity contribution in [2.75, 3.05) is 0 Å². The third-order valence-corrected chi connectivity index (χ3v) is 1.48. The van der Waals surface area contributed by atoms with Gasteiger partial charge in [-0.05, 0) is 6.07 Å².